The lowest BCUT2D eigenvalue weighted by Gasteiger charge is -2.13. The second-order valence-electron chi connectivity index (χ2n) is 4.97. The molecule has 0 spiro atoms. The van der Waals surface area contributed by atoms with Crippen molar-refractivity contribution in [3.8, 4) is 0 Å². The molecule has 1 aliphatic rings. The Kier molecular flexibility index (Phi) is 3.29. The number of aromatic nitrogens is 2. The summed E-state index contributed by atoms with van der Waals surface area (Å²) in [4.78, 5) is 10.9. The fourth-order valence-corrected chi connectivity index (χ4v) is 4.92. The standard InChI is InChI=1S/C12H16N4O2S2/c1-7-5-9-10(14-8-3-4-20(17,18)6-8)15-12(13-2)16-11(9)19-7/h5,8H,3-4,6H2,1-2H3,(H2,13,14,15,16). The van der Waals surface area contributed by atoms with Crippen molar-refractivity contribution in [3.05, 3.63) is 10.9 Å². The molecule has 0 aromatic carbocycles. The molecule has 1 unspecified atom stereocenters. The van der Waals surface area contributed by atoms with Crippen LogP contribution in [0.1, 0.15) is 11.3 Å². The molecule has 0 amide bonds. The summed E-state index contributed by atoms with van der Waals surface area (Å²) in [5.41, 5.74) is 0. The number of hydrogen-bond acceptors (Lipinski definition) is 7. The molecule has 0 radical (unpaired) electrons. The molecular formula is C12H16N4O2S2. The summed E-state index contributed by atoms with van der Waals surface area (Å²) in [5.74, 6) is 1.69. The Balaban J connectivity index is 1.97. The van der Waals surface area contributed by atoms with Gasteiger partial charge >= 0.3 is 0 Å². The maximum Gasteiger partial charge on any atom is 0.225 e. The Morgan fingerprint density at radius 3 is 2.85 bits per heavy atom. The smallest absolute Gasteiger partial charge is 0.225 e. The molecule has 8 heteroatoms. The SMILES string of the molecule is CNc1nc(NC2CCS(=O)(=O)C2)c2cc(C)sc2n1. The van der Waals surface area contributed by atoms with E-state index in [-0.39, 0.29) is 17.5 Å². The Morgan fingerprint density at radius 2 is 2.20 bits per heavy atom. The minimum atomic E-state index is -2.90. The van der Waals surface area contributed by atoms with Gasteiger partial charge in [-0.2, -0.15) is 4.98 Å². The minimum absolute atomic E-state index is 0.0667. The zero-order chi connectivity index (χ0) is 14.3. The molecule has 6 nitrogen and oxygen atoms in total. The molecular weight excluding hydrogens is 296 g/mol. The summed E-state index contributed by atoms with van der Waals surface area (Å²) in [7, 11) is -1.13. The van der Waals surface area contributed by atoms with E-state index in [4.69, 9.17) is 0 Å². The molecule has 1 saturated heterocycles. The van der Waals surface area contributed by atoms with Crippen molar-refractivity contribution in [1.29, 1.82) is 0 Å². The van der Waals surface area contributed by atoms with Gasteiger partial charge in [0.05, 0.1) is 16.9 Å². The van der Waals surface area contributed by atoms with Crippen LogP contribution in [0.25, 0.3) is 10.2 Å². The number of hydrogen-bond donors (Lipinski definition) is 2. The van der Waals surface area contributed by atoms with E-state index in [1.807, 2.05) is 13.0 Å². The number of aryl methyl sites for hydroxylation is 1. The van der Waals surface area contributed by atoms with Crippen LogP contribution in [-0.2, 0) is 9.84 Å². The number of nitrogens with one attached hydrogen (secondary N) is 2. The zero-order valence-corrected chi connectivity index (χ0v) is 12.9. The van der Waals surface area contributed by atoms with Gasteiger partial charge < -0.3 is 10.6 Å². The van der Waals surface area contributed by atoms with Gasteiger partial charge in [-0.3, -0.25) is 0 Å². The van der Waals surface area contributed by atoms with Crippen LogP contribution in [-0.4, -0.2) is 43.0 Å². The number of anilines is 2. The van der Waals surface area contributed by atoms with E-state index in [1.165, 1.54) is 0 Å². The van der Waals surface area contributed by atoms with E-state index in [2.05, 4.69) is 20.6 Å². The fourth-order valence-electron chi connectivity index (χ4n) is 2.37. The van der Waals surface area contributed by atoms with Gasteiger partial charge in [0.1, 0.15) is 10.6 Å². The summed E-state index contributed by atoms with van der Waals surface area (Å²) in [6.07, 6.45) is 0.631. The highest BCUT2D eigenvalue weighted by molar-refractivity contribution is 7.91. The second kappa shape index (κ2) is 4.85. The monoisotopic (exact) mass is 312 g/mol. The van der Waals surface area contributed by atoms with Gasteiger partial charge in [-0.25, -0.2) is 13.4 Å². The van der Waals surface area contributed by atoms with Gasteiger partial charge in [0.25, 0.3) is 0 Å². The third-order valence-electron chi connectivity index (χ3n) is 3.31. The van der Waals surface area contributed by atoms with Crippen LogP contribution in [0, 0.1) is 6.92 Å². The first kappa shape index (κ1) is 13.6. The van der Waals surface area contributed by atoms with Crippen molar-refractivity contribution in [3.63, 3.8) is 0 Å². The molecule has 0 saturated carbocycles. The van der Waals surface area contributed by atoms with Crippen LogP contribution >= 0.6 is 11.3 Å². The number of sulfone groups is 1. The number of fused-ring (bicyclic) bond motifs is 1. The lowest BCUT2D eigenvalue weighted by Crippen LogP contribution is -2.21. The maximum absolute atomic E-state index is 11.5. The predicted molar refractivity (Wildman–Crippen MR) is 82.4 cm³/mol. The Labute approximate surface area is 121 Å². The minimum Gasteiger partial charge on any atom is -0.366 e. The zero-order valence-electron chi connectivity index (χ0n) is 11.3. The van der Waals surface area contributed by atoms with Gasteiger partial charge in [0, 0.05) is 18.0 Å². The average Bonchev–Trinajstić information content (AvgIpc) is 2.91. The lowest BCUT2D eigenvalue weighted by molar-refractivity contribution is 0.602. The molecule has 108 valence electrons. The van der Waals surface area contributed by atoms with Crippen molar-refractivity contribution >= 4 is 43.2 Å². The Morgan fingerprint density at radius 1 is 1.40 bits per heavy atom. The Hall–Kier alpha value is -1.41. The van der Waals surface area contributed by atoms with Crippen LogP contribution in [0.2, 0.25) is 0 Å². The third kappa shape index (κ3) is 2.57. The molecule has 1 aliphatic heterocycles. The first-order chi connectivity index (χ1) is 9.47. The summed E-state index contributed by atoms with van der Waals surface area (Å²) in [6.45, 7) is 2.02. The molecule has 1 fully saturated rings. The van der Waals surface area contributed by atoms with E-state index in [9.17, 15) is 8.42 Å². The molecule has 0 aliphatic carbocycles. The van der Waals surface area contributed by atoms with E-state index in [0.29, 0.717) is 18.2 Å². The average molecular weight is 312 g/mol. The first-order valence-electron chi connectivity index (χ1n) is 6.40. The summed E-state index contributed by atoms with van der Waals surface area (Å²) >= 11 is 1.60. The quantitative estimate of drug-likeness (QED) is 0.896. The highest BCUT2D eigenvalue weighted by Gasteiger charge is 2.28. The molecule has 20 heavy (non-hydrogen) atoms. The van der Waals surface area contributed by atoms with Crippen LogP contribution in [0.5, 0.6) is 0 Å². The fraction of sp³-hybridized carbons (Fsp3) is 0.500. The maximum atomic E-state index is 11.5. The largest absolute Gasteiger partial charge is 0.366 e. The molecule has 3 rings (SSSR count). The molecule has 0 bridgehead atoms. The van der Waals surface area contributed by atoms with E-state index in [1.54, 1.807) is 18.4 Å². The third-order valence-corrected chi connectivity index (χ3v) is 6.03. The molecule has 2 aromatic rings. The van der Waals surface area contributed by atoms with Gasteiger partial charge in [0.15, 0.2) is 9.84 Å². The van der Waals surface area contributed by atoms with E-state index >= 15 is 0 Å². The van der Waals surface area contributed by atoms with E-state index in [0.717, 1.165) is 15.1 Å². The highest BCUT2D eigenvalue weighted by Crippen LogP contribution is 2.30. The van der Waals surface area contributed by atoms with Crippen molar-refractivity contribution in [2.75, 3.05) is 29.2 Å². The number of nitrogens with zero attached hydrogens (tertiary/aromatic N) is 2. The van der Waals surface area contributed by atoms with Crippen molar-refractivity contribution in [2.45, 2.75) is 19.4 Å². The van der Waals surface area contributed by atoms with Gasteiger partial charge in [-0.15, -0.1) is 11.3 Å². The molecule has 1 atom stereocenters. The molecule has 2 aromatic heterocycles. The topological polar surface area (TPSA) is 84.0 Å². The van der Waals surface area contributed by atoms with Crippen LogP contribution < -0.4 is 10.6 Å². The van der Waals surface area contributed by atoms with Gasteiger partial charge in [-0.1, -0.05) is 0 Å². The predicted octanol–water partition coefficient (Wildman–Crippen LogP) is 1.64. The van der Waals surface area contributed by atoms with E-state index < -0.39 is 9.84 Å². The van der Waals surface area contributed by atoms with Crippen molar-refractivity contribution in [2.24, 2.45) is 0 Å². The number of rotatable bonds is 3. The van der Waals surface area contributed by atoms with Crippen LogP contribution in [0.15, 0.2) is 6.07 Å². The second-order valence-corrected chi connectivity index (χ2v) is 8.43. The van der Waals surface area contributed by atoms with Crippen LogP contribution in [0.3, 0.4) is 0 Å². The van der Waals surface area contributed by atoms with Crippen molar-refractivity contribution < 1.29 is 8.42 Å². The first-order valence-corrected chi connectivity index (χ1v) is 9.03. The molecule has 2 N–H and O–H groups in total. The van der Waals surface area contributed by atoms with Gasteiger partial charge in [-0.05, 0) is 19.4 Å². The summed E-state index contributed by atoms with van der Waals surface area (Å²) in [6, 6.07) is 1.97. The summed E-state index contributed by atoms with van der Waals surface area (Å²) in [5, 5.41) is 7.15. The highest BCUT2D eigenvalue weighted by atomic mass is 32.2. The Bertz CT molecular complexity index is 754. The van der Waals surface area contributed by atoms with Gasteiger partial charge in [0.2, 0.25) is 5.95 Å². The lowest BCUT2D eigenvalue weighted by atomic mass is 10.2. The number of thiophene rings is 1. The van der Waals surface area contributed by atoms with Crippen molar-refractivity contribution in [1.82, 2.24) is 9.97 Å². The summed E-state index contributed by atoms with van der Waals surface area (Å²) < 4.78 is 23.1. The van der Waals surface area contributed by atoms with Crippen LogP contribution in [0.4, 0.5) is 11.8 Å². The normalized spacial score (nSPS) is 21.2. The molecule has 3 heterocycles.